The van der Waals surface area contributed by atoms with Gasteiger partial charge in [0.1, 0.15) is 11.6 Å². The number of hydrogen-bond donors (Lipinski definition) is 2. The molecule has 0 aromatic carbocycles. The molecule has 0 bridgehead atoms. The Hall–Kier alpha value is -2.39. The van der Waals surface area contributed by atoms with E-state index in [0.29, 0.717) is 13.1 Å². The zero-order valence-electron chi connectivity index (χ0n) is 12.7. The fourth-order valence-corrected chi connectivity index (χ4v) is 2.21. The quantitative estimate of drug-likeness (QED) is 0.412. The Bertz CT molecular complexity index is 489. The largest absolute Gasteiger partial charge is 0.331 e. The Balaban J connectivity index is 2.70. The summed E-state index contributed by atoms with van der Waals surface area (Å²) in [5, 5.41) is 14.9. The third kappa shape index (κ3) is 5.19. The molecule has 1 rings (SSSR count). The van der Waals surface area contributed by atoms with Crippen LogP contribution >= 0.6 is 0 Å². The van der Waals surface area contributed by atoms with Crippen molar-refractivity contribution in [2.75, 3.05) is 26.2 Å². The minimum Gasteiger partial charge on any atom is -0.331 e. The van der Waals surface area contributed by atoms with E-state index < -0.39 is 5.91 Å². The van der Waals surface area contributed by atoms with Crippen molar-refractivity contribution >= 4 is 11.8 Å². The van der Waals surface area contributed by atoms with Gasteiger partial charge in [0.05, 0.1) is 0 Å². The molecule has 0 atom stereocenters. The van der Waals surface area contributed by atoms with Crippen LogP contribution in [0.4, 0.5) is 0 Å². The highest BCUT2D eigenvalue weighted by Gasteiger charge is 2.21. The Morgan fingerprint density at radius 3 is 2.36 bits per heavy atom. The number of amides is 2. The molecular weight excluding hydrogens is 280 g/mol. The molecule has 0 aromatic heterocycles. The van der Waals surface area contributed by atoms with Gasteiger partial charge in [0, 0.05) is 25.2 Å². The van der Waals surface area contributed by atoms with Crippen LogP contribution in [0.3, 0.4) is 0 Å². The summed E-state index contributed by atoms with van der Waals surface area (Å²) < 4.78 is 0. The van der Waals surface area contributed by atoms with Crippen molar-refractivity contribution in [3.05, 3.63) is 37.1 Å². The molecule has 1 saturated heterocycles. The van der Waals surface area contributed by atoms with Crippen molar-refractivity contribution in [3.63, 3.8) is 0 Å². The lowest BCUT2D eigenvalue weighted by Gasteiger charge is -2.21. The van der Waals surface area contributed by atoms with E-state index in [4.69, 9.17) is 5.26 Å². The average molecular weight is 302 g/mol. The van der Waals surface area contributed by atoms with Gasteiger partial charge >= 0.3 is 0 Å². The van der Waals surface area contributed by atoms with E-state index in [9.17, 15) is 9.59 Å². The van der Waals surface area contributed by atoms with E-state index in [-0.39, 0.29) is 17.4 Å². The highest BCUT2D eigenvalue weighted by molar-refractivity contribution is 5.98. The predicted molar refractivity (Wildman–Crippen MR) is 84.4 cm³/mol. The van der Waals surface area contributed by atoms with Crippen LogP contribution in [0.5, 0.6) is 0 Å². The van der Waals surface area contributed by atoms with Gasteiger partial charge in [-0.1, -0.05) is 12.2 Å². The van der Waals surface area contributed by atoms with Gasteiger partial charge in [-0.2, -0.15) is 5.26 Å². The average Bonchev–Trinajstić information content (AvgIpc) is 2.55. The summed E-state index contributed by atoms with van der Waals surface area (Å²) in [5.74, 6) is -0.682. The third-order valence-corrected chi connectivity index (χ3v) is 3.41. The van der Waals surface area contributed by atoms with Gasteiger partial charge in [-0.05, 0) is 25.9 Å². The first kappa shape index (κ1) is 17.7. The van der Waals surface area contributed by atoms with E-state index >= 15 is 0 Å². The van der Waals surface area contributed by atoms with Crippen LogP contribution < -0.4 is 10.6 Å². The number of nitrogens with zero attached hydrogens (tertiary/aromatic N) is 2. The van der Waals surface area contributed by atoms with Crippen LogP contribution in [0.25, 0.3) is 0 Å². The van der Waals surface area contributed by atoms with Crippen molar-refractivity contribution < 1.29 is 9.59 Å². The Kier molecular flexibility index (Phi) is 7.65. The zero-order chi connectivity index (χ0) is 16.4. The molecule has 2 N–H and O–H groups in total. The molecule has 22 heavy (non-hydrogen) atoms. The van der Waals surface area contributed by atoms with Crippen LogP contribution in [-0.2, 0) is 9.59 Å². The summed E-state index contributed by atoms with van der Waals surface area (Å²) in [7, 11) is 0. The number of nitrogens with one attached hydrogen (secondary N) is 2. The number of piperidine rings is 1. The SMILES string of the molecule is C=CCN(CC=C)C(=O)/C(C#N)=C\NC(=O)C1CCNCC1. The highest BCUT2D eigenvalue weighted by Crippen LogP contribution is 2.11. The molecule has 0 aromatic rings. The van der Waals surface area contributed by atoms with Gasteiger partial charge in [-0.3, -0.25) is 9.59 Å². The van der Waals surface area contributed by atoms with E-state index in [0.717, 1.165) is 25.9 Å². The van der Waals surface area contributed by atoms with Gasteiger partial charge in [0.25, 0.3) is 5.91 Å². The molecule has 0 radical (unpaired) electrons. The molecule has 1 aliphatic heterocycles. The van der Waals surface area contributed by atoms with Crippen LogP contribution in [-0.4, -0.2) is 42.9 Å². The first-order chi connectivity index (χ1) is 10.6. The first-order valence-electron chi connectivity index (χ1n) is 7.26. The highest BCUT2D eigenvalue weighted by atomic mass is 16.2. The second kappa shape index (κ2) is 9.53. The van der Waals surface area contributed by atoms with Crippen LogP contribution in [0, 0.1) is 17.2 Å². The van der Waals surface area contributed by atoms with E-state index in [1.54, 1.807) is 12.2 Å². The minimum atomic E-state index is -0.451. The zero-order valence-corrected chi connectivity index (χ0v) is 12.7. The molecule has 0 unspecified atom stereocenters. The molecule has 6 heteroatoms. The molecular formula is C16H22N4O2. The summed E-state index contributed by atoms with van der Waals surface area (Å²) in [5.41, 5.74) is -0.106. The van der Waals surface area contributed by atoms with Crippen LogP contribution in [0.15, 0.2) is 37.1 Å². The summed E-state index contributed by atoms with van der Waals surface area (Å²) in [6, 6.07) is 1.83. The number of carbonyl (C=O) groups excluding carboxylic acids is 2. The third-order valence-electron chi connectivity index (χ3n) is 3.41. The van der Waals surface area contributed by atoms with Crippen molar-refractivity contribution in [3.8, 4) is 6.07 Å². The Morgan fingerprint density at radius 1 is 1.27 bits per heavy atom. The maximum Gasteiger partial charge on any atom is 0.266 e. The molecule has 1 aliphatic rings. The van der Waals surface area contributed by atoms with E-state index in [2.05, 4.69) is 23.8 Å². The topological polar surface area (TPSA) is 85.2 Å². The summed E-state index contributed by atoms with van der Waals surface area (Å²) in [6.07, 6.45) is 5.86. The smallest absolute Gasteiger partial charge is 0.266 e. The summed E-state index contributed by atoms with van der Waals surface area (Å²) in [4.78, 5) is 25.7. The number of rotatable bonds is 7. The van der Waals surface area contributed by atoms with Gasteiger partial charge in [-0.15, -0.1) is 13.2 Å². The standard InChI is InChI=1S/C16H22N4O2/c1-3-9-20(10-4-2)16(22)14(11-17)12-19-15(21)13-5-7-18-8-6-13/h3-4,12-13,18H,1-2,5-10H2,(H,19,21)/b14-12-. The number of nitriles is 1. The molecule has 0 spiro atoms. The van der Waals surface area contributed by atoms with E-state index in [1.807, 2.05) is 6.07 Å². The Morgan fingerprint density at radius 2 is 1.86 bits per heavy atom. The maximum atomic E-state index is 12.2. The fourth-order valence-electron chi connectivity index (χ4n) is 2.21. The van der Waals surface area contributed by atoms with Crippen molar-refractivity contribution in [1.29, 1.82) is 5.26 Å². The lowest BCUT2D eigenvalue weighted by atomic mass is 9.97. The van der Waals surface area contributed by atoms with Gasteiger partial charge in [0.15, 0.2) is 0 Å². The van der Waals surface area contributed by atoms with Gasteiger partial charge in [0.2, 0.25) is 5.91 Å². The second-order valence-electron chi connectivity index (χ2n) is 4.99. The predicted octanol–water partition coefficient (Wildman–Crippen LogP) is 0.710. The lowest BCUT2D eigenvalue weighted by Crippen LogP contribution is -2.37. The van der Waals surface area contributed by atoms with Crippen LogP contribution in [0.2, 0.25) is 0 Å². The molecule has 2 amide bonds. The fraction of sp³-hybridized carbons (Fsp3) is 0.438. The van der Waals surface area contributed by atoms with E-state index in [1.165, 1.54) is 11.1 Å². The molecule has 1 heterocycles. The molecule has 118 valence electrons. The lowest BCUT2D eigenvalue weighted by molar-refractivity contribution is -0.125. The maximum absolute atomic E-state index is 12.2. The number of carbonyl (C=O) groups is 2. The molecule has 1 fully saturated rings. The van der Waals surface area contributed by atoms with Crippen molar-refractivity contribution in [2.45, 2.75) is 12.8 Å². The molecule has 6 nitrogen and oxygen atoms in total. The molecule has 0 aliphatic carbocycles. The van der Waals surface area contributed by atoms with Crippen LogP contribution in [0.1, 0.15) is 12.8 Å². The normalized spacial score (nSPS) is 15.5. The van der Waals surface area contributed by atoms with Gasteiger partial charge in [-0.25, -0.2) is 0 Å². The summed E-state index contributed by atoms with van der Waals surface area (Å²) >= 11 is 0. The molecule has 0 saturated carbocycles. The second-order valence-corrected chi connectivity index (χ2v) is 4.99. The van der Waals surface area contributed by atoms with Crippen molar-refractivity contribution in [2.24, 2.45) is 5.92 Å². The monoisotopic (exact) mass is 302 g/mol. The Labute approximate surface area is 131 Å². The van der Waals surface area contributed by atoms with Crippen molar-refractivity contribution in [1.82, 2.24) is 15.5 Å². The first-order valence-corrected chi connectivity index (χ1v) is 7.26. The number of hydrogen-bond acceptors (Lipinski definition) is 4. The summed E-state index contributed by atoms with van der Waals surface area (Å²) in [6.45, 7) is 9.39. The minimum absolute atomic E-state index is 0.0787. The van der Waals surface area contributed by atoms with Gasteiger partial charge < -0.3 is 15.5 Å².